The van der Waals surface area contributed by atoms with E-state index in [0.717, 1.165) is 24.2 Å². The average Bonchev–Trinajstić information content (AvgIpc) is 2.96. The quantitative estimate of drug-likeness (QED) is 0.130. The van der Waals surface area contributed by atoms with Crippen LogP contribution >= 0.6 is 0 Å². The van der Waals surface area contributed by atoms with Crippen molar-refractivity contribution in [1.82, 2.24) is 10.0 Å². The Hall–Kier alpha value is -4.70. The summed E-state index contributed by atoms with van der Waals surface area (Å²) in [6.07, 6.45) is 3.99. The van der Waals surface area contributed by atoms with E-state index in [0.29, 0.717) is 0 Å². The zero-order chi connectivity index (χ0) is 25.9. The number of hydrazone groups is 2. The first kappa shape index (κ1) is 23.7. The Morgan fingerprint density at radius 1 is 0.474 bits per heavy atom. The van der Waals surface area contributed by atoms with E-state index in [1.54, 1.807) is 0 Å². The maximum absolute atomic E-state index is 4.80. The molecule has 0 aromatic heterocycles. The van der Waals surface area contributed by atoms with Crippen molar-refractivity contribution in [2.24, 2.45) is 10.2 Å². The van der Waals surface area contributed by atoms with Crippen LogP contribution in [0.2, 0.25) is 0 Å². The normalized spacial score (nSPS) is 11.9. The highest BCUT2D eigenvalue weighted by atomic mass is 15.5. The predicted molar refractivity (Wildman–Crippen MR) is 163 cm³/mol. The third-order valence-corrected chi connectivity index (χ3v) is 7.14. The van der Waals surface area contributed by atoms with E-state index in [1.807, 2.05) is 36.5 Å². The molecule has 0 unspecified atom stereocenters. The van der Waals surface area contributed by atoms with E-state index in [4.69, 9.17) is 10.2 Å². The van der Waals surface area contributed by atoms with E-state index in [1.165, 1.54) is 43.1 Å². The van der Waals surface area contributed by atoms with Gasteiger partial charge in [0.1, 0.15) is 0 Å². The first-order valence-corrected chi connectivity index (χ1v) is 13.0. The van der Waals surface area contributed by atoms with Crippen molar-refractivity contribution in [1.29, 1.82) is 0 Å². The van der Waals surface area contributed by atoms with Gasteiger partial charge in [-0.3, -0.25) is 10.0 Å². The van der Waals surface area contributed by atoms with Gasteiger partial charge in [-0.2, -0.15) is 10.2 Å². The molecule has 186 valence electrons. The van der Waals surface area contributed by atoms with Crippen LogP contribution < -0.4 is 0 Å². The second-order valence-corrected chi connectivity index (χ2v) is 9.72. The minimum Gasteiger partial charge on any atom is -0.298 e. The Labute approximate surface area is 223 Å². The number of nitrogens with zero attached hydrogens (tertiary/aromatic N) is 4. The van der Waals surface area contributed by atoms with Crippen LogP contribution in [-0.2, 0) is 0 Å². The number of fused-ring (bicyclic) bond motifs is 4. The fraction of sp³-hybridized carbons (Fsp3) is 0.118. The molecule has 0 radical (unpaired) electrons. The van der Waals surface area contributed by atoms with Crippen LogP contribution in [0.25, 0.3) is 43.1 Å². The lowest BCUT2D eigenvalue weighted by Crippen LogP contribution is -2.25. The summed E-state index contributed by atoms with van der Waals surface area (Å²) in [5.74, 6) is 0. The summed E-state index contributed by atoms with van der Waals surface area (Å²) in [5.41, 5.74) is 2.31. The molecular formula is C34H30N4. The second-order valence-electron chi connectivity index (χ2n) is 9.72. The molecule has 38 heavy (non-hydrogen) atoms. The summed E-state index contributed by atoms with van der Waals surface area (Å²) >= 11 is 0. The van der Waals surface area contributed by atoms with Gasteiger partial charge in [0.15, 0.2) is 0 Å². The topological polar surface area (TPSA) is 31.2 Å². The molecule has 0 spiro atoms. The number of hydrogen-bond donors (Lipinski definition) is 0. The smallest absolute Gasteiger partial charge is 0.0555 e. The molecule has 0 fully saturated rings. The SMILES string of the molecule is CN(CCN(C)/N=C\c1c2ccccc2cc2ccccc12)/N=C\c1c2ccccc2cc2ccccc12. The van der Waals surface area contributed by atoms with Crippen molar-refractivity contribution in [3.63, 3.8) is 0 Å². The molecule has 0 aliphatic rings. The van der Waals surface area contributed by atoms with Crippen molar-refractivity contribution in [2.45, 2.75) is 0 Å². The number of likely N-dealkylation sites (N-methyl/N-ethyl adjacent to an activating group) is 2. The predicted octanol–water partition coefficient (Wildman–Crippen LogP) is 7.53. The molecule has 6 aromatic carbocycles. The third-order valence-electron chi connectivity index (χ3n) is 7.14. The fourth-order valence-electron chi connectivity index (χ4n) is 5.09. The average molecular weight is 495 g/mol. The van der Waals surface area contributed by atoms with Gasteiger partial charge in [0.05, 0.1) is 25.5 Å². The summed E-state index contributed by atoms with van der Waals surface area (Å²) in [7, 11) is 4.03. The monoisotopic (exact) mass is 494 g/mol. The van der Waals surface area contributed by atoms with Crippen LogP contribution in [0.5, 0.6) is 0 Å². The lowest BCUT2D eigenvalue weighted by Gasteiger charge is -2.18. The van der Waals surface area contributed by atoms with Crippen molar-refractivity contribution < 1.29 is 0 Å². The number of rotatable bonds is 7. The van der Waals surface area contributed by atoms with Gasteiger partial charge in [0, 0.05) is 25.2 Å². The zero-order valence-electron chi connectivity index (χ0n) is 21.8. The van der Waals surface area contributed by atoms with E-state index < -0.39 is 0 Å². The van der Waals surface area contributed by atoms with Gasteiger partial charge in [-0.25, -0.2) is 0 Å². The van der Waals surface area contributed by atoms with Gasteiger partial charge in [0.25, 0.3) is 0 Å². The molecule has 0 saturated carbocycles. The van der Waals surface area contributed by atoms with E-state index in [9.17, 15) is 0 Å². The van der Waals surface area contributed by atoms with Crippen LogP contribution in [0.3, 0.4) is 0 Å². The van der Waals surface area contributed by atoms with Gasteiger partial charge in [-0.1, -0.05) is 97.1 Å². The molecule has 6 rings (SSSR count). The molecule has 6 aromatic rings. The maximum Gasteiger partial charge on any atom is 0.0555 e. The van der Waals surface area contributed by atoms with Crippen LogP contribution in [0.1, 0.15) is 11.1 Å². The Kier molecular flexibility index (Phi) is 6.45. The van der Waals surface area contributed by atoms with Crippen LogP contribution in [0.4, 0.5) is 0 Å². The molecule has 0 atom stereocenters. The lowest BCUT2D eigenvalue weighted by molar-refractivity contribution is 0.272. The Morgan fingerprint density at radius 3 is 1.08 bits per heavy atom. The maximum atomic E-state index is 4.80. The standard InChI is InChI=1S/C34H30N4/c1-37(35-23-33-29-15-7-3-11-25(29)21-26-12-4-8-16-30(26)33)19-20-38(2)36-24-34-31-17-9-5-13-27(31)22-28-14-6-10-18-32(28)34/h3-18,21-24H,19-20H2,1-2H3/b35-23-,36-24-. The zero-order valence-corrected chi connectivity index (χ0v) is 21.8. The van der Waals surface area contributed by atoms with Crippen molar-refractivity contribution >= 4 is 55.5 Å². The van der Waals surface area contributed by atoms with E-state index >= 15 is 0 Å². The van der Waals surface area contributed by atoms with Crippen molar-refractivity contribution in [3.8, 4) is 0 Å². The fourth-order valence-corrected chi connectivity index (χ4v) is 5.09. The van der Waals surface area contributed by atoms with E-state index in [2.05, 4.69) is 109 Å². The first-order valence-electron chi connectivity index (χ1n) is 13.0. The largest absolute Gasteiger partial charge is 0.298 e. The van der Waals surface area contributed by atoms with E-state index in [-0.39, 0.29) is 0 Å². The van der Waals surface area contributed by atoms with Crippen molar-refractivity contribution in [3.05, 3.63) is 120 Å². The molecule has 0 bridgehead atoms. The first-order chi connectivity index (χ1) is 18.7. The highest BCUT2D eigenvalue weighted by Gasteiger charge is 2.07. The summed E-state index contributed by atoms with van der Waals surface area (Å²) < 4.78 is 0. The summed E-state index contributed by atoms with van der Waals surface area (Å²) in [4.78, 5) is 0. The minimum atomic E-state index is 0.753. The molecule has 0 amide bonds. The lowest BCUT2D eigenvalue weighted by atomic mass is 9.97. The second kappa shape index (κ2) is 10.3. The summed E-state index contributed by atoms with van der Waals surface area (Å²) in [6, 6.07) is 38.5. The van der Waals surface area contributed by atoms with Gasteiger partial charge in [-0.05, 0) is 55.2 Å². The van der Waals surface area contributed by atoms with Gasteiger partial charge >= 0.3 is 0 Å². The molecule has 0 saturated heterocycles. The molecule has 0 N–H and O–H groups in total. The highest BCUT2D eigenvalue weighted by Crippen LogP contribution is 2.28. The molecule has 0 aliphatic heterocycles. The molecular weight excluding hydrogens is 464 g/mol. The summed E-state index contributed by atoms with van der Waals surface area (Å²) in [5, 5.41) is 23.3. The van der Waals surface area contributed by atoms with Crippen LogP contribution in [-0.4, -0.2) is 49.6 Å². The number of benzene rings is 6. The highest BCUT2D eigenvalue weighted by molar-refractivity contribution is 6.14. The summed E-state index contributed by atoms with van der Waals surface area (Å²) in [6.45, 7) is 1.51. The number of hydrogen-bond acceptors (Lipinski definition) is 4. The van der Waals surface area contributed by atoms with Gasteiger partial charge < -0.3 is 0 Å². The molecule has 4 heteroatoms. The van der Waals surface area contributed by atoms with Crippen LogP contribution in [0, 0.1) is 0 Å². The third kappa shape index (κ3) is 4.69. The Bertz CT molecular complexity index is 1580. The molecule has 4 nitrogen and oxygen atoms in total. The van der Waals surface area contributed by atoms with Crippen molar-refractivity contribution in [2.75, 3.05) is 27.2 Å². The van der Waals surface area contributed by atoms with Gasteiger partial charge in [0.2, 0.25) is 0 Å². The van der Waals surface area contributed by atoms with Gasteiger partial charge in [-0.15, -0.1) is 0 Å². The minimum absolute atomic E-state index is 0.753. The Morgan fingerprint density at radius 2 is 0.763 bits per heavy atom. The molecule has 0 aliphatic carbocycles. The Balaban J connectivity index is 1.20. The van der Waals surface area contributed by atoms with Crippen LogP contribution in [0.15, 0.2) is 119 Å². The molecule has 0 heterocycles.